The van der Waals surface area contributed by atoms with Crippen molar-refractivity contribution in [2.45, 2.75) is 6.54 Å². The Kier molecular flexibility index (Phi) is 4.02. The van der Waals surface area contributed by atoms with Crippen molar-refractivity contribution in [3.63, 3.8) is 0 Å². The van der Waals surface area contributed by atoms with Crippen LogP contribution in [0.4, 0.5) is 0 Å². The zero-order valence-corrected chi connectivity index (χ0v) is 12.2. The van der Waals surface area contributed by atoms with Crippen molar-refractivity contribution in [3.05, 3.63) is 60.7 Å². The maximum absolute atomic E-state index is 11.6. The lowest BCUT2D eigenvalue weighted by molar-refractivity contribution is -0.127. The van der Waals surface area contributed by atoms with E-state index >= 15 is 0 Å². The molecule has 1 aliphatic rings. The van der Waals surface area contributed by atoms with Crippen LogP contribution in [0.2, 0.25) is 0 Å². The number of benzene rings is 2. The minimum absolute atomic E-state index is 0.0415. The van der Waals surface area contributed by atoms with Crippen molar-refractivity contribution in [2.75, 3.05) is 26.2 Å². The molecular formula is C18H20N2O. The fraction of sp³-hybridized carbons (Fsp3) is 0.278. The van der Waals surface area contributed by atoms with Crippen LogP contribution in [0, 0.1) is 0 Å². The highest BCUT2D eigenvalue weighted by molar-refractivity contribution is 5.87. The van der Waals surface area contributed by atoms with Crippen LogP contribution < -0.4 is 0 Å². The van der Waals surface area contributed by atoms with E-state index in [-0.39, 0.29) is 5.91 Å². The molecule has 1 aliphatic heterocycles. The topological polar surface area (TPSA) is 23.6 Å². The van der Waals surface area contributed by atoms with Gasteiger partial charge in [-0.3, -0.25) is 9.69 Å². The molecule has 0 aliphatic carbocycles. The Bertz CT molecular complexity index is 652. The van der Waals surface area contributed by atoms with E-state index in [1.807, 2.05) is 4.90 Å². The minimum Gasteiger partial charge on any atom is -0.337 e. The molecule has 0 N–H and O–H groups in total. The molecule has 0 bridgehead atoms. The van der Waals surface area contributed by atoms with Crippen LogP contribution in [-0.4, -0.2) is 41.9 Å². The van der Waals surface area contributed by atoms with Crippen LogP contribution in [0.5, 0.6) is 0 Å². The van der Waals surface area contributed by atoms with Crippen molar-refractivity contribution in [3.8, 4) is 0 Å². The first-order valence-corrected chi connectivity index (χ1v) is 7.38. The Labute approximate surface area is 125 Å². The highest BCUT2D eigenvalue weighted by Gasteiger charge is 2.19. The molecule has 1 heterocycles. The Morgan fingerprint density at radius 2 is 1.76 bits per heavy atom. The number of amides is 1. The van der Waals surface area contributed by atoms with Crippen LogP contribution in [0.25, 0.3) is 10.8 Å². The average molecular weight is 280 g/mol. The van der Waals surface area contributed by atoms with Gasteiger partial charge < -0.3 is 4.90 Å². The van der Waals surface area contributed by atoms with E-state index in [2.05, 4.69) is 53.9 Å². The third-order valence-corrected chi connectivity index (χ3v) is 4.13. The van der Waals surface area contributed by atoms with E-state index in [0.29, 0.717) is 0 Å². The average Bonchev–Trinajstić information content (AvgIpc) is 2.55. The van der Waals surface area contributed by atoms with Gasteiger partial charge in [0.05, 0.1) is 0 Å². The predicted octanol–water partition coefficient (Wildman–Crippen LogP) is 2.67. The van der Waals surface area contributed by atoms with Crippen molar-refractivity contribution < 1.29 is 4.79 Å². The summed E-state index contributed by atoms with van der Waals surface area (Å²) in [6.45, 7) is 7.91. The van der Waals surface area contributed by atoms with Gasteiger partial charge in [0, 0.05) is 32.7 Å². The lowest BCUT2D eigenvalue weighted by Crippen LogP contribution is -2.47. The number of piperazine rings is 1. The Hall–Kier alpha value is -2.13. The zero-order chi connectivity index (χ0) is 14.7. The fourth-order valence-corrected chi connectivity index (χ4v) is 2.93. The summed E-state index contributed by atoms with van der Waals surface area (Å²) in [4.78, 5) is 15.9. The van der Waals surface area contributed by atoms with E-state index in [1.165, 1.54) is 22.4 Å². The van der Waals surface area contributed by atoms with Crippen LogP contribution in [-0.2, 0) is 11.3 Å². The predicted molar refractivity (Wildman–Crippen MR) is 86.0 cm³/mol. The summed E-state index contributed by atoms with van der Waals surface area (Å²) in [7, 11) is 0. The first-order chi connectivity index (χ1) is 10.3. The van der Waals surface area contributed by atoms with E-state index in [0.717, 1.165) is 32.7 Å². The molecule has 21 heavy (non-hydrogen) atoms. The van der Waals surface area contributed by atoms with Gasteiger partial charge in [0.1, 0.15) is 0 Å². The summed E-state index contributed by atoms with van der Waals surface area (Å²) < 4.78 is 0. The van der Waals surface area contributed by atoms with Gasteiger partial charge in [-0.25, -0.2) is 0 Å². The molecule has 2 aromatic carbocycles. The number of carbonyl (C=O) groups is 1. The van der Waals surface area contributed by atoms with Crippen molar-refractivity contribution in [1.29, 1.82) is 0 Å². The molecule has 3 nitrogen and oxygen atoms in total. The zero-order valence-electron chi connectivity index (χ0n) is 12.2. The molecule has 3 heteroatoms. The second kappa shape index (κ2) is 6.10. The van der Waals surface area contributed by atoms with Crippen LogP contribution in [0.1, 0.15) is 5.56 Å². The number of fused-ring (bicyclic) bond motifs is 1. The summed E-state index contributed by atoms with van der Waals surface area (Å²) in [5.74, 6) is 0.0415. The highest BCUT2D eigenvalue weighted by atomic mass is 16.2. The first kappa shape index (κ1) is 13.8. The molecule has 0 saturated carbocycles. The second-order valence-corrected chi connectivity index (χ2v) is 5.44. The molecule has 1 fully saturated rings. The number of hydrogen-bond donors (Lipinski definition) is 0. The molecule has 0 radical (unpaired) electrons. The van der Waals surface area contributed by atoms with E-state index in [4.69, 9.17) is 0 Å². The fourth-order valence-electron chi connectivity index (χ4n) is 2.93. The third kappa shape index (κ3) is 2.98. The third-order valence-electron chi connectivity index (χ3n) is 4.13. The van der Waals surface area contributed by atoms with Gasteiger partial charge in [-0.2, -0.15) is 0 Å². The van der Waals surface area contributed by atoms with Gasteiger partial charge in [-0.1, -0.05) is 49.0 Å². The summed E-state index contributed by atoms with van der Waals surface area (Å²) >= 11 is 0. The standard InChI is InChI=1S/C18H20N2O/c1-2-18(21)20-12-10-19(11-13-20)14-16-8-5-7-15-6-3-4-9-17(15)16/h2-9H,1,10-14H2. The Balaban J connectivity index is 1.70. The molecule has 0 unspecified atom stereocenters. The van der Waals surface area contributed by atoms with Crippen molar-refractivity contribution >= 4 is 16.7 Å². The highest BCUT2D eigenvalue weighted by Crippen LogP contribution is 2.20. The molecule has 1 amide bonds. The van der Waals surface area contributed by atoms with Crippen LogP contribution >= 0.6 is 0 Å². The monoisotopic (exact) mass is 280 g/mol. The molecule has 1 saturated heterocycles. The maximum Gasteiger partial charge on any atom is 0.246 e. The van der Waals surface area contributed by atoms with Crippen molar-refractivity contribution in [1.82, 2.24) is 9.80 Å². The molecule has 108 valence electrons. The number of carbonyl (C=O) groups excluding carboxylic acids is 1. The van der Waals surface area contributed by atoms with Crippen molar-refractivity contribution in [2.24, 2.45) is 0 Å². The maximum atomic E-state index is 11.6. The Morgan fingerprint density at radius 1 is 1.05 bits per heavy atom. The summed E-state index contributed by atoms with van der Waals surface area (Å²) in [5, 5.41) is 2.61. The van der Waals surface area contributed by atoms with Gasteiger partial charge in [-0.15, -0.1) is 0 Å². The van der Waals surface area contributed by atoms with E-state index < -0.39 is 0 Å². The summed E-state index contributed by atoms with van der Waals surface area (Å²) in [6, 6.07) is 15.0. The normalized spacial score (nSPS) is 16.1. The quantitative estimate of drug-likeness (QED) is 0.807. The van der Waals surface area contributed by atoms with Gasteiger partial charge in [0.15, 0.2) is 0 Å². The SMILES string of the molecule is C=CC(=O)N1CCN(Cc2cccc3ccccc23)CC1. The number of nitrogens with zero attached hydrogens (tertiary/aromatic N) is 2. The lowest BCUT2D eigenvalue weighted by Gasteiger charge is -2.34. The Morgan fingerprint density at radius 3 is 2.52 bits per heavy atom. The number of rotatable bonds is 3. The van der Waals surface area contributed by atoms with Crippen LogP contribution in [0.15, 0.2) is 55.1 Å². The largest absolute Gasteiger partial charge is 0.337 e. The van der Waals surface area contributed by atoms with E-state index in [9.17, 15) is 4.79 Å². The van der Waals surface area contributed by atoms with Gasteiger partial charge in [0.2, 0.25) is 5.91 Å². The van der Waals surface area contributed by atoms with Crippen LogP contribution in [0.3, 0.4) is 0 Å². The molecule has 0 spiro atoms. The molecule has 0 aromatic heterocycles. The number of hydrogen-bond acceptors (Lipinski definition) is 2. The van der Waals surface area contributed by atoms with Gasteiger partial charge in [0.25, 0.3) is 0 Å². The second-order valence-electron chi connectivity index (χ2n) is 5.44. The molecular weight excluding hydrogens is 260 g/mol. The van der Waals surface area contributed by atoms with E-state index in [1.54, 1.807) is 0 Å². The lowest BCUT2D eigenvalue weighted by atomic mass is 10.0. The summed E-state index contributed by atoms with van der Waals surface area (Å²) in [6.07, 6.45) is 1.40. The first-order valence-electron chi connectivity index (χ1n) is 7.38. The van der Waals surface area contributed by atoms with Gasteiger partial charge in [-0.05, 0) is 22.4 Å². The molecule has 0 atom stereocenters. The molecule has 2 aromatic rings. The minimum atomic E-state index is 0.0415. The summed E-state index contributed by atoms with van der Waals surface area (Å²) in [5.41, 5.74) is 1.36. The molecule has 3 rings (SSSR count). The van der Waals surface area contributed by atoms with Gasteiger partial charge >= 0.3 is 0 Å². The smallest absolute Gasteiger partial charge is 0.246 e.